The molecule has 0 saturated heterocycles. The zero-order valence-electron chi connectivity index (χ0n) is 9.81. The van der Waals surface area contributed by atoms with E-state index in [4.69, 9.17) is 0 Å². The Balaban J connectivity index is 2.20. The molecule has 5 nitrogen and oxygen atoms in total. The molecule has 2 heterocycles. The Labute approximate surface area is 130 Å². The fourth-order valence-corrected chi connectivity index (χ4v) is 3.37. The first kappa shape index (κ1) is 14.4. The maximum atomic E-state index is 10.8. The van der Waals surface area contributed by atoms with E-state index in [0.717, 1.165) is 9.35 Å². The number of halogens is 2. The molecule has 0 fully saturated rings. The fraction of sp³-hybridized carbons (Fsp3) is 0.182. The number of rotatable bonds is 4. The lowest BCUT2D eigenvalue weighted by Crippen LogP contribution is -2.03. The van der Waals surface area contributed by atoms with Crippen LogP contribution in [0, 0.1) is 17.0 Å². The Bertz CT molecular complexity index is 630. The van der Waals surface area contributed by atoms with E-state index in [1.165, 1.54) is 6.20 Å². The van der Waals surface area contributed by atoms with E-state index in [-0.39, 0.29) is 5.69 Å². The predicted molar refractivity (Wildman–Crippen MR) is 82.7 cm³/mol. The number of hydrogen-bond donors (Lipinski definition) is 1. The molecule has 0 aliphatic carbocycles. The van der Waals surface area contributed by atoms with E-state index in [1.54, 1.807) is 18.3 Å². The van der Waals surface area contributed by atoms with Gasteiger partial charge in [-0.2, -0.15) is 0 Å². The van der Waals surface area contributed by atoms with Crippen molar-refractivity contribution in [3.63, 3.8) is 0 Å². The molecule has 0 unspecified atom stereocenters. The van der Waals surface area contributed by atoms with Gasteiger partial charge in [-0.3, -0.25) is 10.1 Å². The van der Waals surface area contributed by atoms with E-state index in [9.17, 15) is 10.1 Å². The number of pyridine rings is 1. The first-order valence-corrected chi connectivity index (χ1v) is 7.72. The minimum Gasteiger partial charge on any atom is -0.364 e. The highest BCUT2D eigenvalue weighted by molar-refractivity contribution is 9.11. The molecule has 0 aliphatic heterocycles. The number of thiophene rings is 1. The van der Waals surface area contributed by atoms with Gasteiger partial charge in [0.05, 0.1) is 15.9 Å². The molecule has 100 valence electrons. The van der Waals surface area contributed by atoms with Gasteiger partial charge in [-0.25, -0.2) is 4.98 Å². The zero-order valence-corrected chi connectivity index (χ0v) is 13.8. The van der Waals surface area contributed by atoms with Crippen molar-refractivity contribution in [2.24, 2.45) is 0 Å². The zero-order chi connectivity index (χ0) is 14.0. The van der Waals surface area contributed by atoms with Crippen LogP contribution in [0.4, 0.5) is 11.5 Å². The second kappa shape index (κ2) is 5.98. The summed E-state index contributed by atoms with van der Waals surface area (Å²) in [4.78, 5) is 15.6. The number of aromatic nitrogens is 1. The summed E-state index contributed by atoms with van der Waals surface area (Å²) in [6.45, 7) is 2.30. The van der Waals surface area contributed by atoms with Gasteiger partial charge in [0.1, 0.15) is 12.0 Å². The van der Waals surface area contributed by atoms with E-state index in [1.807, 2.05) is 11.4 Å². The first-order chi connectivity index (χ1) is 9.00. The van der Waals surface area contributed by atoms with Crippen LogP contribution in [0.1, 0.15) is 10.4 Å². The summed E-state index contributed by atoms with van der Waals surface area (Å²) in [5, 5.41) is 15.9. The van der Waals surface area contributed by atoms with E-state index < -0.39 is 4.92 Å². The topological polar surface area (TPSA) is 68.1 Å². The molecule has 0 amide bonds. The molecular weight excluding hydrogens is 398 g/mol. The van der Waals surface area contributed by atoms with E-state index in [2.05, 4.69) is 42.2 Å². The maximum absolute atomic E-state index is 10.8. The van der Waals surface area contributed by atoms with Gasteiger partial charge < -0.3 is 5.32 Å². The van der Waals surface area contributed by atoms with Crippen molar-refractivity contribution in [3.8, 4) is 0 Å². The Morgan fingerprint density at radius 1 is 1.53 bits per heavy atom. The fourth-order valence-electron chi connectivity index (χ4n) is 1.49. The van der Waals surface area contributed by atoms with Crippen molar-refractivity contribution in [1.29, 1.82) is 0 Å². The summed E-state index contributed by atoms with van der Waals surface area (Å²) < 4.78 is 1.66. The largest absolute Gasteiger partial charge is 0.364 e. The van der Waals surface area contributed by atoms with Crippen molar-refractivity contribution in [1.82, 2.24) is 4.98 Å². The molecule has 2 aromatic rings. The average Bonchev–Trinajstić information content (AvgIpc) is 2.76. The van der Waals surface area contributed by atoms with Gasteiger partial charge in [-0.05, 0) is 50.2 Å². The SMILES string of the molecule is Cc1c([N+](=O)[O-])cnc(NCc2sccc2Br)c1Br. The van der Waals surface area contributed by atoms with Gasteiger partial charge in [0.2, 0.25) is 0 Å². The summed E-state index contributed by atoms with van der Waals surface area (Å²) in [5.74, 6) is 0.600. The second-order valence-electron chi connectivity index (χ2n) is 3.73. The number of anilines is 1. The molecule has 2 rings (SSSR count). The molecule has 0 aromatic carbocycles. The Morgan fingerprint density at radius 3 is 2.84 bits per heavy atom. The van der Waals surface area contributed by atoms with Crippen LogP contribution in [-0.2, 0) is 6.54 Å². The standard InChI is InChI=1S/C11H9Br2N3O2S/c1-6-8(16(17)18)4-14-11(10(6)13)15-5-9-7(12)2-3-19-9/h2-4H,5H2,1H3,(H,14,15). The average molecular weight is 407 g/mol. The van der Waals surface area contributed by atoms with Crippen molar-refractivity contribution < 1.29 is 4.92 Å². The van der Waals surface area contributed by atoms with E-state index >= 15 is 0 Å². The molecule has 0 aliphatic rings. The summed E-state index contributed by atoms with van der Waals surface area (Å²) in [6, 6.07) is 1.98. The summed E-state index contributed by atoms with van der Waals surface area (Å²) in [7, 11) is 0. The molecule has 0 saturated carbocycles. The lowest BCUT2D eigenvalue weighted by Gasteiger charge is -2.09. The molecule has 19 heavy (non-hydrogen) atoms. The summed E-state index contributed by atoms with van der Waals surface area (Å²) in [6.07, 6.45) is 1.27. The lowest BCUT2D eigenvalue weighted by atomic mass is 10.2. The van der Waals surface area contributed by atoms with Crippen LogP contribution >= 0.6 is 43.2 Å². The van der Waals surface area contributed by atoms with Crippen LogP contribution in [0.25, 0.3) is 0 Å². The van der Waals surface area contributed by atoms with Gasteiger partial charge in [0.15, 0.2) is 0 Å². The second-order valence-corrected chi connectivity index (χ2v) is 6.38. The third-order valence-corrected chi connectivity index (χ3v) is 5.44. The number of nitrogens with zero attached hydrogens (tertiary/aromatic N) is 2. The molecule has 1 N–H and O–H groups in total. The van der Waals surface area contributed by atoms with E-state index in [0.29, 0.717) is 22.4 Å². The molecule has 2 aromatic heterocycles. The molecule has 0 radical (unpaired) electrons. The normalized spacial score (nSPS) is 10.5. The summed E-state index contributed by atoms with van der Waals surface area (Å²) >= 11 is 8.42. The van der Waals surface area contributed by atoms with Crippen LogP contribution in [0.5, 0.6) is 0 Å². The van der Waals surface area contributed by atoms with Crippen LogP contribution in [0.15, 0.2) is 26.6 Å². The van der Waals surface area contributed by atoms with Gasteiger partial charge in [0.25, 0.3) is 5.69 Å². The molecule has 0 atom stereocenters. The Hall–Kier alpha value is -0.990. The number of nitro groups is 1. The molecule has 0 bridgehead atoms. The van der Waals surface area contributed by atoms with Crippen molar-refractivity contribution >= 4 is 54.7 Å². The third-order valence-electron chi connectivity index (χ3n) is 2.54. The van der Waals surface area contributed by atoms with Gasteiger partial charge in [0, 0.05) is 14.9 Å². The highest BCUT2D eigenvalue weighted by atomic mass is 79.9. The minimum absolute atomic E-state index is 0.00901. The van der Waals surface area contributed by atoms with Crippen molar-refractivity contribution in [3.05, 3.63) is 47.1 Å². The van der Waals surface area contributed by atoms with Crippen LogP contribution in [-0.4, -0.2) is 9.91 Å². The van der Waals surface area contributed by atoms with Gasteiger partial charge >= 0.3 is 0 Å². The quantitative estimate of drug-likeness (QED) is 0.599. The predicted octanol–water partition coefficient (Wildman–Crippen LogP) is 4.50. The summed E-state index contributed by atoms with van der Waals surface area (Å²) in [5.41, 5.74) is 0.572. The number of nitrogens with one attached hydrogen (secondary N) is 1. The smallest absolute Gasteiger partial charge is 0.291 e. The lowest BCUT2D eigenvalue weighted by molar-refractivity contribution is -0.385. The molecular formula is C11H9Br2N3O2S. The van der Waals surface area contributed by atoms with Crippen LogP contribution in [0.2, 0.25) is 0 Å². The van der Waals surface area contributed by atoms with Crippen molar-refractivity contribution in [2.45, 2.75) is 13.5 Å². The van der Waals surface area contributed by atoms with Crippen molar-refractivity contribution in [2.75, 3.05) is 5.32 Å². The first-order valence-electron chi connectivity index (χ1n) is 5.26. The molecule has 0 spiro atoms. The highest BCUT2D eigenvalue weighted by Crippen LogP contribution is 2.31. The highest BCUT2D eigenvalue weighted by Gasteiger charge is 2.17. The Kier molecular flexibility index (Phi) is 4.54. The van der Waals surface area contributed by atoms with Crippen LogP contribution in [0.3, 0.4) is 0 Å². The maximum Gasteiger partial charge on any atom is 0.291 e. The minimum atomic E-state index is -0.438. The van der Waals surface area contributed by atoms with Gasteiger partial charge in [-0.1, -0.05) is 0 Å². The van der Waals surface area contributed by atoms with Gasteiger partial charge in [-0.15, -0.1) is 11.3 Å². The monoisotopic (exact) mass is 405 g/mol. The molecule has 8 heteroatoms. The van der Waals surface area contributed by atoms with Crippen LogP contribution < -0.4 is 5.32 Å². The third kappa shape index (κ3) is 3.13. The Morgan fingerprint density at radius 2 is 2.26 bits per heavy atom. The number of hydrogen-bond acceptors (Lipinski definition) is 5.